The van der Waals surface area contributed by atoms with Gasteiger partial charge in [-0.3, -0.25) is 4.90 Å². The molecule has 2 heteroatoms. The summed E-state index contributed by atoms with van der Waals surface area (Å²) < 4.78 is 5.43. The third-order valence-corrected chi connectivity index (χ3v) is 2.12. The van der Waals surface area contributed by atoms with Gasteiger partial charge in [0, 0.05) is 19.5 Å². The topological polar surface area (TPSA) is 12.5 Å². The van der Waals surface area contributed by atoms with Crippen LogP contribution in [0.1, 0.15) is 19.8 Å². The fourth-order valence-electron chi connectivity index (χ4n) is 1.50. The summed E-state index contributed by atoms with van der Waals surface area (Å²) in [5, 5.41) is 0. The first-order valence-corrected chi connectivity index (χ1v) is 4.60. The van der Waals surface area contributed by atoms with E-state index in [2.05, 4.69) is 17.7 Å². The first-order valence-electron chi connectivity index (χ1n) is 4.60. The van der Waals surface area contributed by atoms with Gasteiger partial charge in [-0.2, -0.15) is 0 Å². The number of hydrogen-bond acceptors (Lipinski definition) is 2. The van der Waals surface area contributed by atoms with Gasteiger partial charge in [-0.15, -0.1) is 12.3 Å². The van der Waals surface area contributed by atoms with E-state index in [-0.39, 0.29) is 0 Å². The summed E-state index contributed by atoms with van der Waals surface area (Å²) >= 11 is 0. The predicted molar refractivity (Wildman–Crippen MR) is 49.9 cm³/mol. The monoisotopic (exact) mass is 167 g/mol. The summed E-state index contributed by atoms with van der Waals surface area (Å²) in [5.74, 6) is 2.66. The number of nitrogens with zero attached hydrogens (tertiary/aromatic N) is 1. The molecule has 0 aromatic heterocycles. The third-order valence-electron chi connectivity index (χ3n) is 2.12. The summed E-state index contributed by atoms with van der Waals surface area (Å²) in [6.45, 7) is 6.24. The molecule has 1 fully saturated rings. The number of rotatable bonds is 3. The van der Waals surface area contributed by atoms with Crippen LogP contribution in [0, 0.1) is 12.3 Å². The Hall–Kier alpha value is -0.520. The minimum absolute atomic E-state index is 0.393. The van der Waals surface area contributed by atoms with Crippen molar-refractivity contribution in [1.29, 1.82) is 0 Å². The molecule has 2 nitrogen and oxygen atoms in total. The average molecular weight is 167 g/mol. The standard InChI is InChI=1S/C10H17NO/c1-3-4-5-6-11-7-8-12-10(2)9-11/h1,10H,4-9H2,2H3/t10-/m1/s1. The van der Waals surface area contributed by atoms with Gasteiger partial charge in [-0.05, 0) is 19.9 Å². The van der Waals surface area contributed by atoms with E-state index in [9.17, 15) is 0 Å². The van der Waals surface area contributed by atoms with Crippen LogP contribution < -0.4 is 0 Å². The molecule has 1 heterocycles. The second-order valence-electron chi connectivity index (χ2n) is 3.29. The highest BCUT2D eigenvalue weighted by atomic mass is 16.5. The molecule has 0 unspecified atom stereocenters. The lowest BCUT2D eigenvalue weighted by atomic mass is 10.2. The molecular weight excluding hydrogens is 150 g/mol. The van der Waals surface area contributed by atoms with E-state index in [0.29, 0.717) is 6.10 Å². The zero-order valence-electron chi connectivity index (χ0n) is 7.75. The highest BCUT2D eigenvalue weighted by Gasteiger charge is 2.15. The summed E-state index contributed by atoms with van der Waals surface area (Å²) in [6.07, 6.45) is 7.58. The molecule has 1 aliphatic rings. The summed E-state index contributed by atoms with van der Waals surface area (Å²) in [6, 6.07) is 0. The molecule has 0 saturated carbocycles. The van der Waals surface area contributed by atoms with Gasteiger partial charge >= 0.3 is 0 Å². The Kier molecular flexibility index (Phi) is 4.13. The maximum Gasteiger partial charge on any atom is 0.0674 e. The molecular formula is C10H17NO. The van der Waals surface area contributed by atoms with Crippen LogP contribution in [-0.2, 0) is 4.74 Å². The maximum atomic E-state index is 5.43. The summed E-state index contributed by atoms with van der Waals surface area (Å²) in [7, 11) is 0. The lowest BCUT2D eigenvalue weighted by molar-refractivity contribution is -0.0183. The molecule has 12 heavy (non-hydrogen) atoms. The number of hydrogen-bond donors (Lipinski definition) is 0. The van der Waals surface area contributed by atoms with E-state index in [1.54, 1.807) is 0 Å². The Morgan fingerprint density at radius 3 is 3.17 bits per heavy atom. The number of morpholine rings is 1. The average Bonchev–Trinajstić information content (AvgIpc) is 2.05. The maximum absolute atomic E-state index is 5.43. The summed E-state index contributed by atoms with van der Waals surface area (Å²) in [5.41, 5.74) is 0. The second-order valence-corrected chi connectivity index (χ2v) is 3.29. The van der Waals surface area contributed by atoms with Crippen molar-refractivity contribution in [3.8, 4) is 12.3 Å². The molecule has 0 bridgehead atoms. The van der Waals surface area contributed by atoms with Crippen molar-refractivity contribution < 1.29 is 4.74 Å². The molecule has 0 amide bonds. The quantitative estimate of drug-likeness (QED) is 0.461. The number of ether oxygens (including phenoxy) is 1. The van der Waals surface area contributed by atoms with Crippen molar-refractivity contribution >= 4 is 0 Å². The van der Waals surface area contributed by atoms with Crippen molar-refractivity contribution in [2.75, 3.05) is 26.2 Å². The minimum Gasteiger partial charge on any atom is -0.376 e. The zero-order chi connectivity index (χ0) is 8.81. The Bertz CT molecular complexity index is 162. The first-order chi connectivity index (χ1) is 5.83. The third kappa shape index (κ3) is 3.25. The van der Waals surface area contributed by atoms with Gasteiger partial charge in [0.15, 0.2) is 0 Å². The molecule has 0 aromatic rings. The Morgan fingerprint density at radius 2 is 2.50 bits per heavy atom. The Balaban J connectivity index is 2.11. The van der Waals surface area contributed by atoms with Crippen LogP contribution >= 0.6 is 0 Å². The van der Waals surface area contributed by atoms with Crippen molar-refractivity contribution in [3.05, 3.63) is 0 Å². The molecule has 0 radical (unpaired) electrons. The molecule has 0 N–H and O–H groups in total. The van der Waals surface area contributed by atoms with E-state index >= 15 is 0 Å². The Morgan fingerprint density at radius 1 is 1.67 bits per heavy atom. The zero-order valence-corrected chi connectivity index (χ0v) is 7.75. The first kappa shape index (κ1) is 9.57. The largest absolute Gasteiger partial charge is 0.376 e. The van der Waals surface area contributed by atoms with Crippen molar-refractivity contribution in [2.45, 2.75) is 25.9 Å². The number of unbranched alkanes of at least 4 members (excludes halogenated alkanes) is 1. The molecule has 0 spiro atoms. The molecule has 1 atom stereocenters. The van der Waals surface area contributed by atoms with Crippen molar-refractivity contribution in [3.63, 3.8) is 0 Å². The van der Waals surface area contributed by atoms with Gasteiger partial charge in [0.25, 0.3) is 0 Å². The van der Waals surface area contributed by atoms with Crippen LogP contribution in [0.5, 0.6) is 0 Å². The molecule has 68 valence electrons. The van der Waals surface area contributed by atoms with E-state index < -0.39 is 0 Å². The van der Waals surface area contributed by atoms with E-state index in [4.69, 9.17) is 11.2 Å². The lowest BCUT2D eigenvalue weighted by Crippen LogP contribution is -2.41. The van der Waals surface area contributed by atoms with E-state index in [1.807, 2.05) is 0 Å². The highest BCUT2D eigenvalue weighted by Crippen LogP contribution is 2.05. The van der Waals surface area contributed by atoms with Gasteiger partial charge in [-0.25, -0.2) is 0 Å². The van der Waals surface area contributed by atoms with Gasteiger partial charge in [0.2, 0.25) is 0 Å². The molecule has 0 aromatic carbocycles. The smallest absolute Gasteiger partial charge is 0.0674 e. The van der Waals surface area contributed by atoms with Crippen molar-refractivity contribution in [2.24, 2.45) is 0 Å². The van der Waals surface area contributed by atoms with Crippen LogP contribution in [0.15, 0.2) is 0 Å². The van der Waals surface area contributed by atoms with Crippen LogP contribution in [-0.4, -0.2) is 37.2 Å². The van der Waals surface area contributed by atoms with Gasteiger partial charge < -0.3 is 4.74 Å². The van der Waals surface area contributed by atoms with Crippen LogP contribution in [0.25, 0.3) is 0 Å². The normalized spacial score (nSPS) is 25.2. The lowest BCUT2D eigenvalue weighted by Gasteiger charge is -2.30. The Labute approximate surface area is 74.9 Å². The van der Waals surface area contributed by atoms with Crippen LogP contribution in [0.4, 0.5) is 0 Å². The second kappa shape index (κ2) is 5.18. The highest BCUT2D eigenvalue weighted by molar-refractivity contribution is 4.83. The van der Waals surface area contributed by atoms with E-state index in [1.165, 1.54) is 0 Å². The van der Waals surface area contributed by atoms with E-state index in [0.717, 1.165) is 39.1 Å². The van der Waals surface area contributed by atoms with Crippen LogP contribution in [0.3, 0.4) is 0 Å². The number of terminal acetylenes is 1. The van der Waals surface area contributed by atoms with Crippen molar-refractivity contribution in [1.82, 2.24) is 4.90 Å². The molecule has 1 rings (SSSR count). The minimum atomic E-state index is 0.393. The summed E-state index contributed by atoms with van der Waals surface area (Å²) in [4.78, 5) is 2.42. The molecule has 1 aliphatic heterocycles. The predicted octanol–water partition coefficient (Wildman–Crippen LogP) is 1.12. The van der Waals surface area contributed by atoms with Gasteiger partial charge in [-0.1, -0.05) is 0 Å². The van der Waals surface area contributed by atoms with Gasteiger partial charge in [0.05, 0.1) is 12.7 Å². The molecule has 0 aliphatic carbocycles. The van der Waals surface area contributed by atoms with Crippen LogP contribution in [0.2, 0.25) is 0 Å². The fourth-order valence-corrected chi connectivity index (χ4v) is 1.50. The SMILES string of the molecule is C#CCCCN1CCO[C@H](C)C1. The fraction of sp³-hybridized carbons (Fsp3) is 0.800. The molecule has 1 saturated heterocycles. The van der Waals surface area contributed by atoms with Gasteiger partial charge in [0.1, 0.15) is 0 Å².